The van der Waals surface area contributed by atoms with E-state index in [1.54, 1.807) is 6.92 Å². The minimum Gasteiger partial charge on any atom is -0.370 e. The molecule has 1 fully saturated rings. The van der Waals surface area contributed by atoms with E-state index in [1.165, 1.54) is 11.3 Å². The summed E-state index contributed by atoms with van der Waals surface area (Å²) >= 11 is 0. The van der Waals surface area contributed by atoms with Crippen molar-refractivity contribution in [2.24, 2.45) is 0 Å². The highest BCUT2D eigenvalue weighted by molar-refractivity contribution is 5.73. The summed E-state index contributed by atoms with van der Waals surface area (Å²) in [6.07, 6.45) is 1.05. The number of hydrogen-bond donors (Lipinski definition) is 0. The molecule has 0 aromatic heterocycles. The predicted molar refractivity (Wildman–Crippen MR) is 79.6 cm³/mol. The first kappa shape index (κ1) is 13.9. The lowest BCUT2D eigenvalue weighted by atomic mass is 10.0. The zero-order valence-corrected chi connectivity index (χ0v) is 12.2. The monoisotopic (exact) mass is 260 g/mol. The minimum atomic E-state index is 0.192. The molecule has 1 heterocycles. The molecule has 1 aliphatic heterocycles. The molecule has 0 bridgehead atoms. The second-order valence-electron chi connectivity index (χ2n) is 5.59. The van der Waals surface area contributed by atoms with Crippen molar-refractivity contribution in [3.05, 3.63) is 29.8 Å². The molecule has 1 aromatic rings. The van der Waals surface area contributed by atoms with Crippen molar-refractivity contribution in [2.45, 2.75) is 33.1 Å². The third-order valence-corrected chi connectivity index (χ3v) is 3.87. The van der Waals surface area contributed by atoms with Crippen LogP contribution in [0.3, 0.4) is 0 Å². The van der Waals surface area contributed by atoms with Gasteiger partial charge in [0.1, 0.15) is 0 Å². The Balaban J connectivity index is 2.03. The van der Waals surface area contributed by atoms with Crippen molar-refractivity contribution < 1.29 is 4.79 Å². The smallest absolute Gasteiger partial charge is 0.219 e. The van der Waals surface area contributed by atoms with Crippen LogP contribution in [0, 0.1) is 0 Å². The fourth-order valence-corrected chi connectivity index (χ4v) is 2.56. The van der Waals surface area contributed by atoms with Crippen LogP contribution in [0.15, 0.2) is 24.3 Å². The Morgan fingerprint density at radius 2 is 1.74 bits per heavy atom. The number of carbonyl (C=O) groups is 1. The maximum Gasteiger partial charge on any atom is 0.219 e. The molecular weight excluding hydrogens is 236 g/mol. The zero-order valence-electron chi connectivity index (χ0n) is 12.2. The van der Waals surface area contributed by atoms with Gasteiger partial charge in [-0.3, -0.25) is 4.79 Å². The van der Waals surface area contributed by atoms with Crippen molar-refractivity contribution in [3.8, 4) is 0 Å². The first-order chi connectivity index (χ1) is 9.08. The molecule has 0 N–H and O–H groups in total. The van der Waals surface area contributed by atoms with Crippen LogP contribution in [0.1, 0.15) is 38.7 Å². The standard InChI is InChI=1S/C16H24N2O/c1-13(2)15-5-7-16(8-6-15)18-10-4-9-17(11-12-18)14(3)19/h5-8,13H,4,9-12H2,1-3H3. The highest BCUT2D eigenvalue weighted by Gasteiger charge is 2.16. The summed E-state index contributed by atoms with van der Waals surface area (Å²) in [5.41, 5.74) is 2.65. The number of anilines is 1. The minimum absolute atomic E-state index is 0.192. The van der Waals surface area contributed by atoms with E-state index in [1.807, 2.05) is 4.90 Å². The van der Waals surface area contributed by atoms with E-state index in [9.17, 15) is 4.79 Å². The number of benzene rings is 1. The molecule has 0 saturated carbocycles. The van der Waals surface area contributed by atoms with Crippen molar-refractivity contribution >= 4 is 11.6 Å². The Bertz CT molecular complexity index is 425. The number of amides is 1. The van der Waals surface area contributed by atoms with Crippen molar-refractivity contribution in [1.29, 1.82) is 0 Å². The van der Waals surface area contributed by atoms with Crippen LogP contribution in [0.4, 0.5) is 5.69 Å². The SMILES string of the molecule is CC(=O)N1CCCN(c2ccc(C(C)C)cc2)CC1. The van der Waals surface area contributed by atoms with Gasteiger partial charge in [-0.05, 0) is 30.0 Å². The van der Waals surface area contributed by atoms with E-state index in [2.05, 4.69) is 43.0 Å². The lowest BCUT2D eigenvalue weighted by Crippen LogP contribution is -2.33. The summed E-state index contributed by atoms with van der Waals surface area (Å²) in [7, 11) is 0. The topological polar surface area (TPSA) is 23.6 Å². The van der Waals surface area contributed by atoms with Gasteiger partial charge in [0.15, 0.2) is 0 Å². The molecule has 0 atom stereocenters. The van der Waals surface area contributed by atoms with Crippen LogP contribution in [0.25, 0.3) is 0 Å². The molecule has 0 aliphatic carbocycles. The first-order valence-corrected chi connectivity index (χ1v) is 7.18. The molecule has 1 saturated heterocycles. The molecule has 0 radical (unpaired) electrons. The van der Waals surface area contributed by atoms with Crippen molar-refractivity contribution in [2.75, 3.05) is 31.1 Å². The molecule has 2 rings (SSSR count). The molecule has 0 spiro atoms. The Morgan fingerprint density at radius 1 is 1.05 bits per heavy atom. The van der Waals surface area contributed by atoms with E-state index in [0.29, 0.717) is 5.92 Å². The molecule has 3 heteroatoms. The Morgan fingerprint density at radius 3 is 2.32 bits per heavy atom. The Labute approximate surface area is 116 Å². The van der Waals surface area contributed by atoms with E-state index in [4.69, 9.17) is 0 Å². The third-order valence-electron chi connectivity index (χ3n) is 3.87. The lowest BCUT2D eigenvalue weighted by molar-refractivity contribution is -0.128. The van der Waals surface area contributed by atoms with E-state index < -0.39 is 0 Å². The van der Waals surface area contributed by atoms with E-state index in [0.717, 1.165) is 32.6 Å². The number of rotatable bonds is 2. The molecule has 1 aliphatic rings. The summed E-state index contributed by atoms with van der Waals surface area (Å²) < 4.78 is 0. The zero-order chi connectivity index (χ0) is 13.8. The molecule has 1 amide bonds. The molecule has 3 nitrogen and oxygen atoms in total. The maximum absolute atomic E-state index is 11.4. The molecule has 104 valence electrons. The van der Waals surface area contributed by atoms with Gasteiger partial charge in [0, 0.05) is 38.8 Å². The predicted octanol–water partition coefficient (Wildman–Crippen LogP) is 2.87. The van der Waals surface area contributed by atoms with Gasteiger partial charge < -0.3 is 9.80 Å². The molecule has 19 heavy (non-hydrogen) atoms. The van der Waals surface area contributed by atoms with Crippen LogP contribution in [-0.2, 0) is 4.79 Å². The highest BCUT2D eigenvalue weighted by atomic mass is 16.2. The molecule has 0 unspecified atom stereocenters. The van der Waals surface area contributed by atoms with Crippen molar-refractivity contribution in [1.82, 2.24) is 4.90 Å². The average molecular weight is 260 g/mol. The van der Waals surface area contributed by atoms with Crippen LogP contribution in [0.5, 0.6) is 0 Å². The second-order valence-corrected chi connectivity index (χ2v) is 5.59. The molecular formula is C16H24N2O. The lowest BCUT2D eigenvalue weighted by Gasteiger charge is -2.23. The Kier molecular flexibility index (Phi) is 4.46. The van der Waals surface area contributed by atoms with Crippen LogP contribution < -0.4 is 4.90 Å². The van der Waals surface area contributed by atoms with Gasteiger partial charge in [0.05, 0.1) is 0 Å². The highest BCUT2D eigenvalue weighted by Crippen LogP contribution is 2.21. The van der Waals surface area contributed by atoms with Gasteiger partial charge in [0.25, 0.3) is 0 Å². The Hall–Kier alpha value is -1.51. The maximum atomic E-state index is 11.4. The molecule has 1 aromatic carbocycles. The summed E-state index contributed by atoms with van der Waals surface area (Å²) in [5, 5.41) is 0. The van der Waals surface area contributed by atoms with E-state index >= 15 is 0 Å². The van der Waals surface area contributed by atoms with Gasteiger partial charge in [-0.2, -0.15) is 0 Å². The average Bonchev–Trinajstić information content (AvgIpc) is 2.64. The fourth-order valence-electron chi connectivity index (χ4n) is 2.56. The second kappa shape index (κ2) is 6.09. The van der Waals surface area contributed by atoms with Gasteiger partial charge in [-0.15, -0.1) is 0 Å². The van der Waals surface area contributed by atoms with Crippen LogP contribution >= 0.6 is 0 Å². The largest absolute Gasteiger partial charge is 0.370 e. The summed E-state index contributed by atoms with van der Waals surface area (Å²) in [5.74, 6) is 0.767. The van der Waals surface area contributed by atoms with Crippen LogP contribution in [0.2, 0.25) is 0 Å². The van der Waals surface area contributed by atoms with Crippen LogP contribution in [-0.4, -0.2) is 37.0 Å². The fraction of sp³-hybridized carbons (Fsp3) is 0.562. The van der Waals surface area contributed by atoms with E-state index in [-0.39, 0.29) is 5.91 Å². The summed E-state index contributed by atoms with van der Waals surface area (Å²) in [6, 6.07) is 8.85. The summed E-state index contributed by atoms with van der Waals surface area (Å²) in [4.78, 5) is 15.8. The summed E-state index contributed by atoms with van der Waals surface area (Å²) in [6.45, 7) is 9.77. The van der Waals surface area contributed by atoms with Gasteiger partial charge >= 0.3 is 0 Å². The van der Waals surface area contributed by atoms with Gasteiger partial charge in [-0.25, -0.2) is 0 Å². The normalized spacial score (nSPS) is 16.6. The third kappa shape index (κ3) is 3.49. The first-order valence-electron chi connectivity index (χ1n) is 7.18. The van der Waals surface area contributed by atoms with Gasteiger partial charge in [-0.1, -0.05) is 26.0 Å². The van der Waals surface area contributed by atoms with Gasteiger partial charge in [0.2, 0.25) is 5.91 Å². The van der Waals surface area contributed by atoms with Crippen molar-refractivity contribution in [3.63, 3.8) is 0 Å². The number of nitrogens with zero attached hydrogens (tertiary/aromatic N) is 2. The number of carbonyl (C=O) groups excluding carboxylic acids is 1. The number of hydrogen-bond acceptors (Lipinski definition) is 2. The quantitative estimate of drug-likeness (QED) is 0.816.